The smallest absolute Gasteiger partial charge is 0.269 e. The predicted molar refractivity (Wildman–Crippen MR) is 96.3 cm³/mol. The molecule has 1 aliphatic heterocycles. The number of non-ortho nitro benzene ring substituents is 1. The van der Waals surface area contributed by atoms with Gasteiger partial charge in [-0.3, -0.25) is 14.9 Å². The number of likely N-dealkylation sites (tertiary alicyclic amines) is 1. The largest absolute Gasteiger partial charge is 0.335 e. The Balaban J connectivity index is 1.84. The van der Waals surface area contributed by atoms with Crippen LogP contribution in [0.4, 0.5) is 5.69 Å². The zero-order valence-electron chi connectivity index (χ0n) is 14.3. The molecule has 130 valence electrons. The van der Waals surface area contributed by atoms with Crippen LogP contribution < -0.4 is 0 Å². The third-order valence-electron chi connectivity index (χ3n) is 4.93. The summed E-state index contributed by atoms with van der Waals surface area (Å²) in [6.45, 7) is 2.86. The average Bonchev–Trinajstić information content (AvgIpc) is 2.65. The number of carbonyl (C=O) groups excluding carboxylic acids is 1. The van der Waals surface area contributed by atoms with Crippen molar-refractivity contribution in [3.63, 3.8) is 0 Å². The molecule has 0 aliphatic carbocycles. The van der Waals surface area contributed by atoms with Gasteiger partial charge in [-0.25, -0.2) is 0 Å². The summed E-state index contributed by atoms with van der Waals surface area (Å²) in [7, 11) is 0. The summed E-state index contributed by atoms with van der Waals surface area (Å²) in [5.74, 6) is -0.0943. The fourth-order valence-electron chi connectivity index (χ4n) is 3.66. The van der Waals surface area contributed by atoms with Gasteiger partial charge in [0.25, 0.3) is 5.69 Å². The van der Waals surface area contributed by atoms with E-state index in [0.717, 1.165) is 36.9 Å². The van der Waals surface area contributed by atoms with Crippen LogP contribution in [0.25, 0.3) is 0 Å². The standard InChI is InChI=1S/C20H22N2O3/c1-2-19(16-7-4-3-5-8-16)21-14-6-9-18(20(21)23)15-10-12-17(13-11-15)22(24)25/h3-5,7-8,10-13,18-19H,2,6,9,14H2,1H3/t18-,19-/m0/s1. The summed E-state index contributed by atoms with van der Waals surface area (Å²) in [6, 6.07) is 16.6. The molecule has 0 saturated carbocycles. The van der Waals surface area contributed by atoms with Crippen molar-refractivity contribution in [3.05, 3.63) is 75.8 Å². The van der Waals surface area contributed by atoms with Gasteiger partial charge in [0.2, 0.25) is 5.91 Å². The second kappa shape index (κ2) is 7.47. The maximum atomic E-state index is 13.1. The van der Waals surface area contributed by atoms with E-state index in [2.05, 4.69) is 19.1 Å². The highest BCUT2D eigenvalue weighted by atomic mass is 16.6. The number of nitro benzene ring substituents is 1. The number of nitrogens with zero attached hydrogens (tertiary/aromatic N) is 2. The first-order valence-electron chi connectivity index (χ1n) is 8.71. The van der Waals surface area contributed by atoms with Crippen molar-refractivity contribution in [3.8, 4) is 0 Å². The summed E-state index contributed by atoms with van der Waals surface area (Å²) >= 11 is 0. The molecule has 1 saturated heterocycles. The lowest BCUT2D eigenvalue weighted by Crippen LogP contribution is -2.42. The maximum absolute atomic E-state index is 13.1. The number of piperidine rings is 1. The number of hydrogen-bond acceptors (Lipinski definition) is 3. The minimum absolute atomic E-state index is 0.0552. The summed E-state index contributed by atoms with van der Waals surface area (Å²) < 4.78 is 0. The molecule has 2 aromatic rings. The van der Waals surface area contributed by atoms with Gasteiger partial charge in [-0.05, 0) is 30.4 Å². The third kappa shape index (κ3) is 3.55. The van der Waals surface area contributed by atoms with Gasteiger partial charge in [0.1, 0.15) is 0 Å². The van der Waals surface area contributed by atoms with Crippen molar-refractivity contribution in [1.29, 1.82) is 0 Å². The lowest BCUT2D eigenvalue weighted by atomic mass is 9.87. The van der Waals surface area contributed by atoms with E-state index >= 15 is 0 Å². The van der Waals surface area contributed by atoms with Gasteiger partial charge in [0.15, 0.2) is 0 Å². The van der Waals surface area contributed by atoms with E-state index < -0.39 is 4.92 Å². The first-order chi connectivity index (χ1) is 12.1. The fourth-order valence-corrected chi connectivity index (χ4v) is 3.66. The molecule has 2 aromatic carbocycles. The number of nitro groups is 1. The molecule has 0 radical (unpaired) electrons. The summed E-state index contributed by atoms with van der Waals surface area (Å²) in [4.78, 5) is 25.5. The molecule has 5 nitrogen and oxygen atoms in total. The van der Waals surface area contributed by atoms with Crippen LogP contribution >= 0.6 is 0 Å². The van der Waals surface area contributed by atoms with E-state index in [1.54, 1.807) is 12.1 Å². The first kappa shape index (κ1) is 17.1. The summed E-state index contributed by atoms with van der Waals surface area (Å²) in [6.07, 6.45) is 2.60. The van der Waals surface area contributed by atoms with E-state index in [4.69, 9.17) is 0 Å². The molecular formula is C20H22N2O3. The number of hydrogen-bond donors (Lipinski definition) is 0. The zero-order valence-corrected chi connectivity index (χ0v) is 14.3. The second-order valence-corrected chi connectivity index (χ2v) is 6.41. The maximum Gasteiger partial charge on any atom is 0.269 e. The lowest BCUT2D eigenvalue weighted by Gasteiger charge is -2.38. The van der Waals surface area contributed by atoms with Crippen molar-refractivity contribution in [2.24, 2.45) is 0 Å². The molecule has 0 N–H and O–H groups in total. The van der Waals surface area contributed by atoms with Gasteiger partial charge in [0, 0.05) is 18.7 Å². The third-order valence-corrected chi connectivity index (χ3v) is 4.93. The number of carbonyl (C=O) groups is 1. The summed E-state index contributed by atoms with van der Waals surface area (Å²) in [5.41, 5.74) is 2.07. The normalized spacial score (nSPS) is 18.8. The minimum atomic E-state index is -0.415. The Hall–Kier alpha value is -2.69. The topological polar surface area (TPSA) is 63.4 Å². The molecule has 1 amide bonds. The summed E-state index contributed by atoms with van der Waals surface area (Å²) in [5, 5.41) is 10.8. The Morgan fingerprint density at radius 2 is 1.84 bits per heavy atom. The fraction of sp³-hybridized carbons (Fsp3) is 0.350. The van der Waals surface area contributed by atoms with Gasteiger partial charge >= 0.3 is 0 Å². The Kier molecular flexibility index (Phi) is 5.12. The van der Waals surface area contributed by atoms with E-state index in [9.17, 15) is 14.9 Å². The quantitative estimate of drug-likeness (QED) is 0.597. The monoisotopic (exact) mass is 338 g/mol. The van der Waals surface area contributed by atoms with Crippen molar-refractivity contribution in [1.82, 2.24) is 4.90 Å². The minimum Gasteiger partial charge on any atom is -0.335 e. The molecule has 5 heteroatoms. The average molecular weight is 338 g/mol. The number of benzene rings is 2. The highest BCUT2D eigenvalue weighted by Crippen LogP contribution is 2.35. The Bertz CT molecular complexity index is 743. The van der Waals surface area contributed by atoms with Gasteiger partial charge in [0.05, 0.1) is 16.9 Å². The molecule has 0 unspecified atom stereocenters. The molecule has 3 rings (SSSR count). The van der Waals surface area contributed by atoms with Crippen molar-refractivity contribution in [2.45, 2.75) is 38.1 Å². The highest BCUT2D eigenvalue weighted by molar-refractivity contribution is 5.85. The highest BCUT2D eigenvalue weighted by Gasteiger charge is 2.34. The molecule has 2 atom stereocenters. The van der Waals surface area contributed by atoms with Crippen molar-refractivity contribution >= 4 is 11.6 Å². The predicted octanol–water partition coefficient (Wildman–Crippen LogP) is 4.45. The van der Waals surface area contributed by atoms with Crippen LogP contribution in [0.15, 0.2) is 54.6 Å². The molecule has 25 heavy (non-hydrogen) atoms. The zero-order chi connectivity index (χ0) is 17.8. The SMILES string of the molecule is CC[C@@H](c1ccccc1)N1CCC[C@@H](c2ccc([N+](=O)[O-])cc2)C1=O. The second-order valence-electron chi connectivity index (χ2n) is 6.41. The molecular weight excluding hydrogens is 316 g/mol. The van der Waals surface area contributed by atoms with Crippen LogP contribution in [-0.4, -0.2) is 22.3 Å². The lowest BCUT2D eigenvalue weighted by molar-refractivity contribution is -0.384. The van der Waals surface area contributed by atoms with E-state index in [1.165, 1.54) is 12.1 Å². The Labute approximate surface area is 147 Å². The van der Waals surface area contributed by atoms with Gasteiger partial charge in [-0.2, -0.15) is 0 Å². The van der Waals surface area contributed by atoms with Gasteiger partial charge < -0.3 is 4.90 Å². The Morgan fingerprint density at radius 3 is 2.44 bits per heavy atom. The van der Waals surface area contributed by atoms with E-state index in [1.807, 2.05) is 23.1 Å². The van der Waals surface area contributed by atoms with Gasteiger partial charge in [-0.1, -0.05) is 49.4 Å². The van der Waals surface area contributed by atoms with Crippen LogP contribution in [0, 0.1) is 10.1 Å². The molecule has 0 aromatic heterocycles. The van der Waals surface area contributed by atoms with E-state index in [0.29, 0.717) is 0 Å². The number of rotatable bonds is 5. The molecule has 0 spiro atoms. The number of amides is 1. The van der Waals surface area contributed by atoms with Crippen LogP contribution in [0.3, 0.4) is 0 Å². The molecule has 1 aliphatic rings. The molecule has 0 bridgehead atoms. The van der Waals surface area contributed by atoms with Crippen LogP contribution in [0.1, 0.15) is 49.3 Å². The molecule has 1 heterocycles. The van der Waals surface area contributed by atoms with Crippen LogP contribution in [-0.2, 0) is 4.79 Å². The first-order valence-corrected chi connectivity index (χ1v) is 8.71. The van der Waals surface area contributed by atoms with Crippen LogP contribution in [0.5, 0.6) is 0 Å². The Morgan fingerprint density at radius 1 is 1.16 bits per heavy atom. The van der Waals surface area contributed by atoms with Crippen LogP contribution in [0.2, 0.25) is 0 Å². The van der Waals surface area contributed by atoms with Crippen molar-refractivity contribution < 1.29 is 9.72 Å². The molecule has 1 fully saturated rings. The van der Waals surface area contributed by atoms with Gasteiger partial charge in [-0.15, -0.1) is 0 Å². The van der Waals surface area contributed by atoms with E-state index in [-0.39, 0.29) is 23.6 Å². The van der Waals surface area contributed by atoms with Crippen molar-refractivity contribution in [2.75, 3.05) is 6.54 Å².